The molecule has 0 saturated heterocycles. The third-order valence-corrected chi connectivity index (χ3v) is 7.11. The van der Waals surface area contributed by atoms with Gasteiger partial charge < -0.3 is 13.9 Å². The summed E-state index contributed by atoms with van der Waals surface area (Å²) in [5, 5.41) is 0. The minimum absolute atomic E-state index is 0.0299. The summed E-state index contributed by atoms with van der Waals surface area (Å²) in [7, 11) is -1.36. The van der Waals surface area contributed by atoms with Gasteiger partial charge in [-0.3, -0.25) is 4.79 Å². The van der Waals surface area contributed by atoms with E-state index in [9.17, 15) is 13.2 Å². The summed E-state index contributed by atoms with van der Waals surface area (Å²) in [5.74, 6) is 0.367. The number of oxazole rings is 1. The Kier molecular flexibility index (Phi) is 7.55. The summed E-state index contributed by atoms with van der Waals surface area (Å²) < 4.78 is 44.5. The Labute approximate surface area is 194 Å². The van der Waals surface area contributed by atoms with Gasteiger partial charge >= 0.3 is 5.97 Å². The molecule has 0 aliphatic rings. The Morgan fingerprint density at radius 2 is 1.70 bits per heavy atom. The van der Waals surface area contributed by atoms with E-state index in [0.29, 0.717) is 23.1 Å². The number of esters is 1. The van der Waals surface area contributed by atoms with Gasteiger partial charge in [-0.25, -0.2) is 13.4 Å². The molecular weight excluding hydrogens is 444 g/mol. The number of methoxy groups -OCH3 is 2. The molecule has 9 heteroatoms. The average molecular weight is 473 g/mol. The second-order valence-corrected chi connectivity index (χ2v) is 9.72. The summed E-state index contributed by atoms with van der Waals surface area (Å²) in [5.41, 5.74) is 1.19. The molecule has 8 nitrogen and oxygen atoms in total. The number of aromatic nitrogens is 1. The van der Waals surface area contributed by atoms with Gasteiger partial charge in [0.25, 0.3) is 0 Å². The van der Waals surface area contributed by atoms with E-state index < -0.39 is 22.0 Å². The number of nitrogens with zero attached hydrogens (tertiary/aromatic N) is 2. The second kappa shape index (κ2) is 10.2. The van der Waals surface area contributed by atoms with Crippen molar-refractivity contribution in [1.82, 2.24) is 9.29 Å². The zero-order valence-electron chi connectivity index (χ0n) is 19.3. The van der Waals surface area contributed by atoms with Crippen molar-refractivity contribution in [1.29, 1.82) is 0 Å². The van der Waals surface area contributed by atoms with Crippen LogP contribution in [0.2, 0.25) is 0 Å². The van der Waals surface area contributed by atoms with Crippen LogP contribution in [0.4, 0.5) is 0 Å². The highest BCUT2D eigenvalue weighted by atomic mass is 32.2. The van der Waals surface area contributed by atoms with Crippen molar-refractivity contribution in [2.45, 2.75) is 38.3 Å². The lowest BCUT2D eigenvalue weighted by molar-refractivity contribution is -0.146. The van der Waals surface area contributed by atoms with Crippen LogP contribution in [0, 0.1) is 12.8 Å². The van der Waals surface area contributed by atoms with Crippen molar-refractivity contribution in [2.75, 3.05) is 14.2 Å². The normalized spacial score (nSPS) is 12.7. The lowest BCUT2D eigenvalue weighted by atomic mass is 10.0. The summed E-state index contributed by atoms with van der Waals surface area (Å²) in [6, 6.07) is 14.3. The predicted octanol–water partition coefficient (Wildman–Crippen LogP) is 4.05. The molecule has 1 heterocycles. The first-order valence-corrected chi connectivity index (χ1v) is 11.9. The maximum Gasteiger partial charge on any atom is 0.324 e. The Hall–Kier alpha value is -3.17. The highest BCUT2D eigenvalue weighted by molar-refractivity contribution is 7.89. The average Bonchev–Trinajstić information content (AvgIpc) is 3.19. The van der Waals surface area contributed by atoms with Gasteiger partial charge in [0.05, 0.1) is 31.4 Å². The van der Waals surface area contributed by atoms with Gasteiger partial charge in [0.15, 0.2) is 0 Å². The molecule has 0 bridgehead atoms. The van der Waals surface area contributed by atoms with E-state index in [4.69, 9.17) is 13.9 Å². The number of rotatable bonds is 9. The van der Waals surface area contributed by atoms with E-state index in [0.717, 1.165) is 9.87 Å². The minimum atomic E-state index is -4.10. The molecule has 3 rings (SSSR count). The van der Waals surface area contributed by atoms with Crippen LogP contribution in [0.1, 0.15) is 25.3 Å². The van der Waals surface area contributed by atoms with E-state index in [1.807, 2.05) is 30.3 Å². The van der Waals surface area contributed by atoms with Crippen molar-refractivity contribution < 1.29 is 27.1 Å². The van der Waals surface area contributed by atoms with Gasteiger partial charge in [-0.2, -0.15) is 4.31 Å². The van der Waals surface area contributed by atoms with Crippen LogP contribution < -0.4 is 4.74 Å². The maximum absolute atomic E-state index is 13.7. The van der Waals surface area contributed by atoms with E-state index in [2.05, 4.69) is 4.98 Å². The fourth-order valence-corrected chi connectivity index (χ4v) is 5.16. The molecule has 0 N–H and O–H groups in total. The summed E-state index contributed by atoms with van der Waals surface area (Å²) >= 11 is 0. The molecule has 33 heavy (non-hydrogen) atoms. The van der Waals surface area contributed by atoms with E-state index >= 15 is 0 Å². The van der Waals surface area contributed by atoms with E-state index in [1.165, 1.54) is 26.4 Å². The van der Waals surface area contributed by atoms with E-state index in [-0.39, 0.29) is 17.4 Å². The van der Waals surface area contributed by atoms with Gasteiger partial charge in [-0.1, -0.05) is 32.0 Å². The van der Waals surface area contributed by atoms with Crippen LogP contribution in [0.25, 0.3) is 11.5 Å². The number of hydrogen-bond donors (Lipinski definition) is 0. The zero-order valence-corrected chi connectivity index (χ0v) is 20.1. The molecular formula is C24H28N2O6S. The molecule has 0 aliphatic carbocycles. The van der Waals surface area contributed by atoms with Crippen LogP contribution in [-0.4, -0.2) is 43.9 Å². The van der Waals surface area contributed by atoms with Gasteiger partial charge in [-0.05, 0) is 49.2 Å². The van der Waals surface area contributed by atoms with Crippen LogP contribution in [-0.2, 0) is 26.1 Å². The number of sulfonamides is 1. The number of hydrogen-bond acceptors (Lipinski definition) is 7. The Bertz CT molecular complexity index is 1190. The van der Waals surface area contributed by atoms with Gasteiger partial charge in [-0.15, -0.1) is 0 Å². The van der Waals surface area contributed by atoms with Gasteiger partial charge in [0.1, 0.15) is 17.6 Å². The van der Waals surface area contributed by atoms with Crippen LogP contribution in [0.5, 0.6) is 5.75 Å². The highest BCUT2D eigenvalue weighted by Crippen LogP contribution is 2.29. The number of carbonyl (C=O) groups excluding carboxylic acids is 1. The van der Waals surface area contributed by atoms with Crippen molar-refractivity contribution in [3.8, 4) is 17.2 Å². The number of aryl methyl sites for hydroxylation is 1. The summed E-state index contributed by atoms with van der Waals surface area (Å²) in [4.78, 5) is 17.2. The van der Waals surface area contributed by atoms with Gasteiger partial charge in [0, 0.05) is 5.56 Å². The molecule has 176 valence electrons. The van der Waals surface area contributed by atoms with Gasteiger partial charge in [0.2, 0.25) is 15.9 Å². The molecule has 0 radical (unpaired) electrons. The maximum atomic E-state index is 13.7. The van der Waals surface area contributed by atoms with Crippen molar-refractivity contribution in [2.24, 2.45) is 5.92 Å². The SMILES string of the molecule is COC(=O)[C@@H](C(C)C)N(Cc1nc(-c2ccccc2)oc1C)S(=O)(=O)c1ccc(OC)cc1. The summed E-state index contributed by atoms with van der Waals surface area (Å²) in [6.45, 7) is 5.09. The second-order valence-electron chi connectivity index (χ2n) is 7.83. The first kappa shape index (κ1) is 24.5. The van der Waals surface area contributed by atoms with Crippen molar-refractivity contribution in [3.05, 3.63) is 66.1 Å². The molecule has 0 unspecified atom stereocenters. The topological polar surface area (TPSA) is 98.9 Å². The number of carbonyl (C=O) groups is 1. The van der Waals surface area contributed by atoms with Crippen molar-refractivity contribution in [3.63, 3.8) is 0 Å². The zero-order chi connectivity index (χ0) is 24.2. The molecule has 3 aromatic rings. The molecule has 0 amide bonds. The Morgan fingerprint density at radius 3 is 2.24 bits per heavy atom. The molecule has 1 aromatic heterocycles. The molecule has 2 aromatic carbocycles. The van der Waals surface area contributed by atoms with Crippen LogP contribution in [0.15, 0.2) is 63.9 Å². The minimum Gasteiger partial charge on any atom is -0.497 e. The number of benzene rings is 2. The fraction of sp³-hybridized carbons (Fsp3) is 0.333. The first-order chi connectivity index (χ1) is 15.7. The largest absolute Gasteiger partial charge is 0.497 e. The lowest BCUT2D eigenvalue weighted by Crippen LogP contribution is -2.48. The third kappa shape index (κ3) is 5.26. The molecule has 0 spiro atoms. The standard InChI is InChI=1S/C24H28N2O6S/c1-16(2)22(24(27)31-5)26(33(28,29)20-13-11-19(30-4)12-14-20)15-21-17(3)32-23(25-21)18-9-7-6-8-10-18/h6-14,16,22H,15H2,1-5H3/t22-/m1/s1. The Balaban J connectivity index is 2.08. The quantitative estimate of drug-likeness (QED) is 0.433. The van der Waals surface area contributed by atoms with Crippen LogP contribution >= 0.6 is 0 Å². The lowest BCUT2D eigenvalue weighted by Gasteiger charge is -2.31. The molecule has 0 fully saturated rings. The summed E-state index contributed by atoms with van der Waals surface area (Å²) in [6.07, 6.45) is 0. The molecule has 1 atom stereocenters. The third-order valence-electron chi connectivity index (χ3n) is 5.27. The Morgan fingerprint density at radius 1 is 1.06 bits per heavy atom. The molecule has 0 aliphatic heterocycles. The number of ether oxygens (including phenoxy) is 2. The highest BCUT2D eigenvalue weighted by Gasteiger charge is 2.39. The molecule has 0 saturated carbocycles. The predicted molar refractivity (Wildman–Crippen MR) is 123 cm³/mol. The van der Waals surface area contributed by atoms with E-state index in [1.54, 1.807) is 32.9 Å². The first-order valence-electron chi connectivity index (χ1n) is 10.4. The smallest absolute Gasteiger partial charge is 0.324 e. The van der Waals surface area contributed by atoms with Crippen molar-refractivity contribution >= 4 is 16.0 Å². The fourth-order valence-electron chi connectivity index (χ4n) is 3.49. The monoisotopic (exact) mass is 472 g/mol. The van der Waals surface area contributed by atoms with Crippen LogP contribution in [0.3, 0.4) is 0 Å².